The van der Waals surface area contributed by atoms with E-state index in [-0.39, 0.29) is 23.5 Å². The molecule has 0 saturated carbocycles. The molecule has 2 saturated heterocycles. The Kier molecular flexibility index (Phi) is 3.75. The van der Waals surface area contributed by atoms with Crippen LogP contribution in [-0.4, -0.2) is 41.3 Å². The van der Waals surface area contributed by atoms with E-state index in [0.29, 0.717) is 32.0 Å². The van der Waals surface area contributed by atoms with Crippen molar-refractivity contribution in [3.8, 4) is 0 Å². The number of nitrogens with zero attached hydrogens (tertiary/aromatic N) is 1. The third-order valence-corrected chi connectivity index (χ3v) is 5.25. The summed E-state index contributed by atoms with van der Waals surface area (Å²) in [6, 6.07) is 4.80. The van der Waals surface area contributed by atoms with Crippen LogP contribution in [0.15, 0.2) is 24.4 Å². The van der Waals surface area contributed by atoms with Crippen LogP contribution >= 0.6 is 0 Å². The average molecular weight is 329 g/mol. The Hall–Kier alpha value is -2.37. The van der Waals surface area contributed by atoms with Crippen molar-refractivity contribution in [2.24, 2.45) is 5.92 Å². The van der Waals surface area contributed by atoms with Gasteiger partial charge in [0.1, 0.15) is 5.82 Å². The van der Waals surface area contributed by atoms with Crippen molar-refractivity contribution >= 4 is 22.7 Å². The van der Waals surface area contributed by atoms with Gasteiger partial charge in [-0.05, 0) is 42.5 Å². The fourth-order valence-corrected chi connectivity index (χ4v) is 3.90. The van der Waals surface area contributed by atoms with Crippen LogP contribution in [0.1, 0.15) is 30.7 Å². The van der Waals surface area contributed by atoms with E-state index in [2.05, 4.69) is 10.3 Å². The number of aromatic nitrogens is 1. The number of aromatic amines is 1. The van der Waals surface area contributed by atoms with E-state index in [0.717, 1.165) is 29.3 Å². The first kappa shape index (κ1) is 15.2. The molecule has 2 fully saturated rings. The van der Waals surface area contributed by atoms with Crippen molar-refractivity contribution in [3.63, 3.8) is 0 Å². The van der Waals surface area contributed by atoms with Crippen LogP contribution in [0.4, 0.5) is 4.39 Å². The molecular formula is C18H20FN3O2. The van der Waals surface area contributed by atoms with Gasteiger partial charge in [0, 0.05) is 43.2 Å². The molecule has 0 aliphatic carbocycles. The second-order valence-electron chi connectivity index (χ2n) is 6.74. The molecule has 2 aliphatic heterocycles. The average Bonchev–Trinajstić information content (AvgIpc) is 3.20. The predicted molar refractivity (Wildman–Crippen MR) is 87.9 cm³/mol. The molecule has 1 aromatic carbocycles. The molecule has 0 bridgehead atoms. The normalized spacial score (nSPS) is 22.1. The summed E-state index contributed by atoms with van der Waals surface area (Å²) in [7, 11) is 0. The third-order valence-electron chi connectivity index (χ3n) is 5.25. The monoisotopic (exact) mass is 329 g/mol. The first-order valence-electron chi connectivity index (χ1n) is 8.44. The Balaban J connectivity index is 1.45. The Morgan fingerprint density at radius 1 is 1.25 bits per heavy atom. The first-order valence-corrected chi connectivity index (χ1v) is 8.44. The van der Waals surface area contributed by atoms with E-state index in [1.807, 2.05) is 11.1 Å². The highest BCUT2D eigenvalue weighted by molar-refractivity contribution is 5.89. The zero-order valence-corrected chi connectivity index (χ0v) is 13.3. The quantitative estimate of drug-likeness (QED) is 0.887. The van der Waals surface area contributed by atoms with Gasteiger partial charge in [-0.15, -0.1) is 0 Å². The number of nitrogens with one attached hydrogen (secondary N) is 2. The standard InChI is InChI=1S/C18H20FN3O2/c19-13-1-2-16-14(8-13)15(10-20-16)11-3-5-22(6-4-11)18(24)12-7-17(23)21-9-12/h1-2,8,10-12,20H,3-7,9H2,(H,21,23)/t12-/m0/s1. The van der Waals surface area contributed by atoms with Crippen molar-refractivity contribution in [1.29, 1.82) is 0 Å². The summed E-state index contributed by atoms with van der Waals surface area (Å²) in [6.45, 7) is 1.84. The van der Waals surface area contributed by atoms with Gasteiger partial charge in [-0.25, -0.2) is 4.39 Å². The fraction of sp³-hybridized carbons (Fsp3) is 0.444. The van der Waals surface area contributed by atoms with E-state index in [4.69, 9.17) is 0 Å². The Labute approximate surface area is 139 Å². The largest absolute Gasteiger partial charge is 0.361 e. The topological polar surface area (TPSA) is 65.2 Å². The molecule has 0 radical (unpaired) electrons. The number of benzene rings is 1. The highest BCUT2D eigenvalue weighted by atomic mass is 19.1. The van der Waals surface area contributed by atoms with Crippen LogP contribution in [0.5, 0.6) is 0 Å². The third kappa shape index (κ3) is 2.66. The number of carbonyl (C=O) groups is 2. The van der Waals surface area contributed by atoms with E-state index >= 15 is 0 Å². The molecule has 2 aromatic rings. The maximum absolute atomic E-state index is 13.5. The second-order valence-corrected chi connectivity index (χ2v) is 6.74. The molecule has 1 atom stereocenters. The number of fused-ring (bicyclic) bond motifs is 1. The van der Waals surface area contributed by atoms with Gasteiger partial charge in [-0.1, -0.05) is 0 Å². The number of hydrogen-bond acceptors (Lipinski definition) is 2. The maximum Gasteiger partial charge on any atom is 0.227 e. The summed E-state index contributed by atoms with van der Waals surface area (Å²) in [5, 5.41) is 3.66. The summed E-state index contributed by atoms with van der Waals surface area (Å²) >= 11 is 0. The minimum atomic E-state index is -0.227. The predicted octanol–water partition coefficient (Wildman–Crippen LogP) is 2.15. The van der Waals surface area contributed by atoms with E-state index in [9.17, 15) is 14.0 Å². The molecule has 6 heteroatoms. The van der Waals surface area contributed by atoms with Gasteiger partial charge in [0.05, 0.1) is 5.92 Å². The number of amides is 2. The molecule has 2 aliphatic rings. The zero-order valence-electron chi connectivity index (χ0n) is 13.3. The van der Waals surface area contributed by atoms with Gasteiger partial charge in [0.25, 0.3) is 0 Å². The molecule has 2 amide bonds. The number of hydrogen-bond donors (Lipinski definition) is 2. The Bertz CT molecular complexity index is 793. The molecule has 0 spiro atoms. The molecular weight excluding hydrogens is 309 g/mol. The summed E-state index contributed by atoms with van der Waals surface area (Å²) in [5.41, 5.74) is 2.08. The molecule has 24 heavy (non-hydrogen) atoms. The van der Waals surface area contributed by atoms with Crippen molar-refractivity contribution in [2.75, 3.05) is 19.6 Å². The summed E-state index contributed by atoms with van der Waals surface area (Å²) < 4.78 is 13.5. The lowest BCUT2D eigenvalue weighted by Gasteiger charge is -2.33. The number of rotatable bonds is 2. The lowest BCUT2D eigenvalue weighted by Crippen LogP contribution is -2.41. The zero-order chi connectivity index (χ0) is 16.7. The van der Waals surface area contributed by atoms with E-state index < -0.39 is 0 Å². The van der Waals surface area contributed by atoms with E-state index in [1.54, 1.807) is 12.1 Å². The van der Waals surface area contributed by atoms with Crippen molar-refractivity contribution < 1.29 is 14.0 Å². The molecule has 1 aromatic heterocycles. The number of H-pyrrole nitrogens is 1. The number of piperidine rings is 1. The Morgan fingerprint density at radius 2 is 2.04 bits per heavy atom. The SMILES string of the molecule is O=C1C[C@H](C(=O)N2CCC(c3c[nH]c4ccc(F)cc34)CC2)CN1. The molecule has 5 nitrogen and oxygen atoms in total. The first-order chi connectivity index (χ1) is 11.6. The molecule has 4 rings (SSSR count). The minimum Gasteiger partial charge on any atom is -0.361 e. The lowest BCUT2D eigenvalue weighted by molar-refractivity contribution is -0.136. The van der Waals surface area contributed by atoms with Crippen LogP contribution in [0.3, 0.4) is 0 Å². The Morgan fingerprint density at radius 3 is 2.75 bits per heavy atom. The summed E-state index contributed by atoms with van der Waals surface area (Å²) in [5.74, 6) is -0.0700. The van der Waals surface area contributed by atoms with Crippen LogP contribution in [0.2, 0.25) is 0 Å². The van der Waals surface area contributed by atoms with Gasteiger partial charge in [0.15, 0.2) is 0 Å². The van der Waals surface area contributed by atoms with Crippen molar-refractivity contribution in [3.05, 3.63) is 35.8 Å². The van der Waals surface area contributed by atoms with Crippen LogP contribution in [0.25, 0.3) is 10.9 Å². The van der Waals surface area contributed by atoms with Gasteiger partial charge >= 0.3 is 0 Å². The molecule has 3 heterocycles. The summed E-state index contributed by atoms with van der Waals surface area (Å²) in [6.07, 6.45) is 4.00. The fourth-order valence-electron chi connectivity index (χ4n) is 3.90. The smallest absolute Gasteiger partial charge is 0.227 e. The lowest BCUT2D eigenvalue weighted by atomic mass is 9.88. The molecule has 126 valence electrons. The van der Waals surface area contributed by atoms with Crippen molar-refractivity contribution in [1.82, 2.24) is 15.2 Å². The van der Waals surface area contributed by atoms with Gasteiger partial charge in [-0.3, -0.25) is 9.59 Å². The highest BCUT2D eigenvalue weighted by Gasteiger charge is 2.33. The van der Waals surface area contributed by atoms with Crippen LogP contribution in [-0.2, 0) is 9.59 Å². The second kappa shape index (κ2) is 5.92. The molecule has 0 unspecified atom stereocenters. The van der Waals surface area contributed by atoms with Gasteiger partial charge in [-0.2, -0.15) is 0 Å². The number of likely N-dealkylation sites (tertiary alicyclic amines) is 1. The van der Waals surface area contributed by atoms with Crippen molar-refractivity contribution in [2.45, 2.75) is 25.2 Å². The maximum atomic E-state index is 13.5. The van der Waals surface area contributed by atoms with Gasteiger partial charge < -0.3 is 15.2 Å². The molecule has 2 N–H and O–H groups in total. The van der Waals surface area contributed by atoms with Gasteiger partial charge in [0.2, 0.25) is 11.8 Å². The summed E-state index contributed by atoms with van der Waals surface area (Å²) in [4.78, 5) is 28.8. The number of carbonyl (C=O) groups excluding carboxylic acids is 2. The van der Waals surface area contributed by atoms with Crippen LogP contribution < -0.4 is 5.32 Å². The number of halogens is 1. The van der Waals surface area contributed by atoms with Crippen LogP contribution in [0, 0.1) is 11.7 Å². The minimum absolute atomic E-state index is 0.0379. The van der Waals surface area contributed by atoms with E-state index in [1.165, 1.54) is 6.07 Å². The highest BCUT2D eigenvalue weighted by Crippen LogP contribution is 2.34.